The van der Waals surface area contributed by atoms with E-state index in [2.05, 4.69) is 25.6 Å². The summed E-state index contributed by atoms with van der Waals surface area (Å²) in [6, 6.07) is 0.0604. The van der Waals surface area contributed by atoms with Gasteiger partial charge in [0.25, 0.3) is 0 Å². The molecule has 18 heavy (non-hydrogen) atoms. The van der Waals surface area contributed by atoms with Gasteiger partial charge in [-0.25, -0.2) is 4.79 Å². The van der Waals surface area contributed by atoms with Crippen molar-refractivity contribution >= 4 is 17.8 Å². The van der Waals surface area contributed by atoms with Crippen LogP contribution in [0.1, 0.15) is 20.8 Å². The smallest absolute Gasteiger partial charge is 0.412 e. The van der Waals surface area contributed by atoms with E-state index >= 15 is 0 Å². The fourth-order valence-electron chi connectivity index (χ4n) is 1.20. The van der Waals surface area contributed by atoms with E-state index in [1.54, 1.807) is 6.92 Å². The number of amides is 2. The lowest BCUT2D eigenvalue weighted by Gasteiger charge is -2.07. The lowest BCUT2D eigenvalue weighted by molar-refractivity contribution is -0.122. The van der Waals surface area contributed by atoms with Crippen LogP contribution in [-0.2, 0) is 16.1 Å². The van der Waals surface area contributed by atoms with Crippen LogP contribution >= 0.6 is 0 Å². The van der Waals surface area contributed by atoms with Crippen molar-refractivity contribution in [1.82, 2.24) is 20.3 Å². The van der Waals surface area contributed by atoms with Gasteiger partial charge in [0.1, 0.15) is 6.54 Å². The Balaban J connectivity index is 2.48. The van der Waals surface area contributed by atoms with Crippen molar-refractivity contribution < 1.29 is 14.3 Å². The highest BCUT2D eigenvalue weighted by atomic mass is 16.5. The Morgan fingerprint density at radius 3 is 2.83 bits per heavy atom. The highest BCUT2D eigenvalue weighted by molar-refractivity contribution is 5.83. The third-order valence-electron chi connectivity index (χ3n) is 1.78. The average molecular weight is 255 g/mol. The van der Waals surface area contributed by atoms with Gasteiger partial charge in [-0.05, 0) is 20.8 Å². The number of carbonyl (C=O) groups is 2. The minimum atomic E-state index is -0.601. The van der Waals surface area contributed by atoms with Crippen LogP contribution < -0.4 is 10.6 Å². The van der Waals surface area contributed by atoms with E-state index in [0.717, 1.165) is 0 Å². The standard InChI is InChI=1S/C10H17N5O3/c1-4-18-10(17)13-8-5-11-15(14-8)6-9(16)12-7(2)3/h5,7H,4,6H2,1-3H3,(H,12,16)(H,13,14,17). The van der Waals surface area contributed by atoms with E-state index in [-0.39, 0.29) is 30.9 Å². The first-order valence-electron chi connectivity index (χ1n) is 5.64. The maximum Gasteiger partial charge on any atom is 0.412 e. The van der Waals surface area contributed by atoms with Crippen molar-refractivity contribution in [1.29, 1.82) is 0 Å². The summed E-state index contributed by atoms with van der Waals surface area (Å²) in [5.74, 6) is 0.0501. The summed E-state index contributed by atoms with van der Waals surface area (Å²) in [5.41, 5.74) is 0. The number of aromatic nitrogens is 3. The fourth-order valence-corrected chi connectivity index (χ4v) is 1.20. The maximum absolute atomic E-state index is 11.4. The van der Waals surface area contributed by atoms with Gasteiger partial charge in [-0.3, -0.25) is 10.1 Å². The molecular formula is C10H17N5O3. The van der Waals surface area contributed by atoms with Crippen LogP contribution in [0.15, 0.2) is 6.20 Å². The van der Waals surface area contributed by atoms with Gasteiger partial charge >= 0.3 is 6.09 Å². The van der Waals surface area contributed by atoms with E-state index in [9.17, 15) is 9.59 Å². The number of ether oxygens (including phenoxy) is 1. The second-order valence-corrected chi connectivity index (χ2v) is 3.83. The first kappa shape index (κ1) is 13.9. The lowest BCUT2D eigenvalue weighted by Crippen LogP contribution is -2.33. The molecule has 0 aliphatic carbocycles. The minimum Gasteiger partial charge on any atom is -0.450 e. The van der Waals surface area contributed by atoms with Gasteiger partial charge in [0.2, 0.25) is 5.91 Å². The molecule has 1 aromatic rings. The first-order valence-corrected chi connectivity index (χ1v) is 5.64. The Labute approximate surface area is 105 Å². The molecule has 0 saturated heterocycles. The number of nitrogens with one attached hydrogen (secondary N) is 2. The molecule has 8 heteroatoms. The summed E-state index contributed by atoms with van der Waals surface area (Å²) < 4.78 is 4.68. The molecule has 0 aliphatic rings. The molecule has 0 atom stereocenters. The Morgan fingerprint density at radius 2 is 2.22 bits per heavy atom. The van der Waals surface area contributed by atoms with Crippen molar-refractivity contribution in [2.45, 2.75) is 33.4 Å². The molecule has 0 unspecified atom stereocenters. The highest BCUT2D eigenvalue weighted by Crippen LogP contribution is 1.99. The molecule has 100 valence electrons. The molecule has 0 radical (unpaired) electrons. The fraction of sp³-hybridized carbons (Fsp3) is 0.600. The van der Waals surface area contributed by atoms with Gasteiger partial charge in [-0.15, -0.1) is 5.10 Å². The van der Waals surface area contributed by atoms with Crippen LogP contribution in [0.2, 0.25) is 0 Å². The second kappa shape index (κ2) is 6.58. The molecule has 0 aliphatic heterocycles. The first-order chi connectivity index (χ1) is 8.51. The van der Waals surface area contributed by atoms with Gasteiger partial charge < -0.3 is 10.1 Å². The molecule has 0 aromatic carbocycles. The minimum absolute atomic E-state index is 0.00266. The normalized spacial score (nSPS) is 10.2. The topological polar surface area (TPSA) is 98.1 Å². The van der Waals surface area contributed by atoms with Gasteiger partial charge in [-0.2, -0.15) is 9.90 Å². The van der Waals surface area contributed by atoms with Crippen molar-refractivity contribution in [3.8, 4) is 0 Å². The van der Waals surface area contributed by atoms with Crippen LogP contribution in [0.3, 0.4) is 0 Å². The molecule has 1 heterocycles. The van der Waals surface area contributed by atoms with Gasteiger partial charge in [-0.1, -0.05) is 0 Å². The van der Waals surface area contributed by atoms with Crippen molar-refractivity contribution in [3.05, 3.63) is 6.20 Å². The number of nitrogens with zero attached hydrogens (tertiary/aromatic N) is 3. The predicted octanol–water partition coefficient (Wildman–Crippen LogP) is 0.371. The summed E-state index contributed by atoms with van der Waals surface area (Å²) in [6.45, 7) is 5.70. The maximum atomic E-state index is 11.4. The summed E-state index contributed by atoms with van der Waals surface area (Å²) in [7, 11) is 0. The Morgan fingerprint density at radius 1 is 1.50 bits per heavy atom. The van der Waals surface area contributed by atoms with E-state index in [4.69, 9.17) is 0 Å². The van der Waals surface area contributed by atoms with Crippen LogP contribution in [0, 0.1) is 0 Å². The molecule has 0 saturated carbocycles. The Hall–Kier alpha value is -2.12. The summed E-state index contributed by atoms with van der Waals surface area (Å²) in [5, 5.41) is 12.9. The van der Waals surface area contributed by atoms with Crippen LogP contribution in [0.5, 0.6) is 0 Å². The zero-order valence-electron chi connectivity index (χ0n) is 10.6. The van der Waals surface area contributed by atoms with E-state index in [0.29, 0.717) is 0 Å². The van der Waals surface area contributed by atoms with E-state index in [1.165, 1.54) is 11.0 Å². The zero-order chi connectivity index (χ0) is 13.5. The van der Waals surface area contributed by atoms with Crippen molar-refractivity contribution in [2.75, 3.05) is 11.9 Å². The highest BCUT2D eigenvalue weighted by Gasteiger charge is 2.09. The van der Waals surface area contributed by atoms with E-state index < -0.39 is 6.09 Å². The van der Waals surface area contributed by atoms with Crippen LogP contribution in [-0.4, -0.2) is 39.6 Å². The zero-order valence-corrected chi connectivity index (χ0v) is 10.6. The number of carbonyl (C=O) groups excluding carboxylic acids is 2. The number of hydrogen-bond acceptors (Lipinski definition) is 5. The molecule has 2 amide bonds. The molecule has 1 rings (SSSR count). The summed E-state index contributed by atoms with van der Waals surface area (Å²) in [4.78, 5) is 23.7. The largest absolute Gasteiger partial charge is 0.450 e. The number of hydrogen-bond donors (Lipinski definition) is 2. The van der Waals surface area contributed by atoms with E-state index in [1.807, 2.05) is 13.8 Å². The lowest BCUT2D eigenvalue weighted by atomic mass is 10.4. The predicted molar refractivity (Wildman–Crippen MR) is 63.9 cm³/mol. The molecule has 0 bridgehead atoms. The third-order valence-corrected chi connectivity index (χ3v) is 1.78. The van der Waals surface area contributed by atoms with Gasteiger partial charge in [0, 0.05) is 6.04 Å². The third kappa shape index (κ3) is 4.81. The molecule has 2 N–H and O–H groups in total. The number of rotatable bonds is 5. The molecule has 8 nitrogen and oxygen atoms in total. The van der Waals surface area contributed by atoms with Crippen molar-refractivity contribution in [3.63, 3.8) is 0 Å². The van der Waals surface area contributed by atoms with Gasteiger partial charge in [0.05, 0.1) is 12.8 Å². The summed E-state index contributed by atoms with van der Waals surface area (Å²) >= 11 is 0. The Kier molecular flexibility index (Phi) is 5.09. The second-order valence-electron chi connectivity index (χ2n) is 3.83. The average Bonchev–Trinajstić information content (AvgIpc) is 2.64. The molecular weight excluding hydrogens is 238 g/mol. The van der Waals surface area contributed by atoms with Gasteiger partial charge in [0.15, 0.2) is 5.82 Å². The quantitative estimate of drug-likeness (QED) is 0.792. The summed E-state index contributed by atoms with van der Waals surface area (Å²) in [6.07, 6.45) is 0.746. The molecule has 0 fully saturated rings. The molecule has 1 aromatic heterocycles. The molecule has 0 spiro atoms. The Bertz CT molecular complexity index is 415. The SMILES string of the molecule is CCOC(=O)Nc1cnn(CC(=O)NC(C)C)n1. The van der Waals surface area contributed by atoms with Crippen LogP contribution in [0.25, 0.3) is 0 Å². The van der Waals surface area contributed by atoms with Crippen molar-refractivity contribution in [2.24, 2.45) is 0 Å². The number of anilines is 1. The monoisotopic (exact) mass is 255 g/mol. The van der Waals surface area contributed by atoms with Crippen LogP contribution in [0.4, 0.5) is 10.6 Å².